The Morgan fingerprint density at radius 3 is 1.97 bits per heavy atom. The van der Waals surface area contributed by atoms with E-state index in [1.54, 1.807) is 6.07 Å². The number of hydrogen-bond donors (Lipinski definition) is 0. The van der Waals surface area contributed by atoms with Gasteiger partial charge in [-0.1, -0.05) is 63.4 Å². The van der Waals surface area contributed by atoms with Gasteiger partial charge in [-0.05, 0) is 33.1 Å². The van der Waals surface area contributed by atoms with Crippen molar-refractivity contribution in [1.29, 1.82) is 0 Å². The molecule has 0 radical (unpaired) electrons. The van der Waals surface area contributed by atoms with Crippen LogP contribution in [0.1, 0.15) is 61.0 Å². The van der Waals surface area contributed by atoms with E-state index in [4.69, 9.17) is 4.74 Å². The van der Waals surface area contributed by atoms with Gasteiger partial charge in [0.25, 0.3) is 0 Å². The fourth-order valence-corrected chi connectivity index (χ4v) is 4.40. The molecular formula is C23H26F6LiO2P. The fourth-order valence-electron chi connectivity index (χ4n) is 3.17. The minimum absolute atomic E-state index is 0. The number of carbonyl (C=O) groups excluding carboxylic acids is 1. The fraction of sp³-hybridized carbons (Fsp3) is 0.435. The van der Waals surface area contributed by atoms with E-state index in [9.17, 15) is 31.1 Å². The molecule has 0 N–H and O–H groups in total. The van der Waals surface area contributed by atoms with E-state index in [0.29, 0.717) is 18.6 Å². The first-order valence-electron chi connectivity index (χ1n) is 10.3. The van der Waals surface area contributed by atoms with Gasteiger partial charge in [-0.2, -0.15) is 26.3 Å². The predicted octanol–water partition coefficient (Wildman–Crippen LogP) is 6.82. The second kappa shape index (κ2) is 12.8. The molecule has 0 fully saturated rings. The van der Waals surface area contributed by atoms with Gasteiger partial charge >= 0.3 is 31.2 Å². The van der Waals surface area contributed by atoms with Crippen molar-refractivity contribution in [2.75, 3.05) is 6.61 Å². The third-order valence-corrected chi connectivity index (χ3v) is 6.33. The summed E-state index contributed by atoms with van der Waals surface area (Å²) >= 11 is 0. The van der Waals surface area contributed by atoms with Crippen LogP contribution in [0.3, 0.4) is 0 Å². The SMILES string of the molecule is CCCCC(CC)COc1cc(C(F)(F)F)c(PC(=O)c2ccccc2)c(C(F)(F)F)c1.[LiH]. The van der Waals surface area contributed by atoms with Crippen LogP contribution in [0.4, 0.5) is 26.3 Å². The Morgan fingerprint density at radius 1 is 0.970 bits per heavy atom. The molecule has 0 saturated heterocycles. The van der Waals surface area contributed by atoms with Gasteiger partial charge in [0.05, 0.1) is 17.7 Å². The maximum absolute atomic E-state index is 13.8. The minimum atomic E-state index is -5.08. The van der Waals surface area contributed by atoms with Gasteiger partial charge in [0, 0.05) is 10.9 Å². The summed E-state index contributed by atoms with van der Waals surface area (Å²) in [6, 6.07) is 8.44. The topological polar surface area (TPSA) is 26.3 Å². The zero-order valence-electron chi connectivity index (χ0n) is 17.7. The molecule has 0 aliphatic rings. The van der Waals surface area contributed by atoms with Gasteiger partial charge in [-0.25, -0.2) is 0 Å². The standard InChI is InChI=1S/C23H25F6O2P.Li.H/c1-3-5-9-15(4-2)14-31-17-12-18(22(24,25)26)20(19(13-17)23(27,28)29)32-21(30)16-10-7-6-8-11-16;;/h6-8,10-13,15,32H,3-5,9,14H2,1-2H3;;. The first kappa shape index (κ1) is 29.5. The van der Waals surface area contributed by atoms with Crippen molar-refractivity contribution >= 4 is 38.3 Å². The zero-order chi connectivity index (χ0) is 23.9. The predicted molar refractivity (Wildman–Crippen MR) is 121 cm³/mol. The molecule has 2 aromatic rings. The summed E-state index contributed by atoms with van der Waals surface area (Å²) in [6.45, 7) is 3.91. The van der Waals surface area contributed by atoms with Crippen LogP contribution in [-0.2, 0) is 12.4 Å². The second-order valence-corrected chi connectivity index (χ2v) is 8.64. The Morgan fingerprint density at radius 2 is 1.52 bits per heavy atom. The number of hydrogen-bond acceptors (Lipinski definition) is 2. The van der Waals surface area contributed by atoms with E-state index < -0.39 is 48.6 Å². The van der Waals surface area contributed by atoms with E-state index in [-0.39, 0.29) is 36.9 Å². The van der Waals surface area contributed by atoms with Crippen LogP contribution < -0.4 is 10.0 Å². The third kappa shape index (κ3) is 8.67. The Balaban J connectivity index is 0.00000544. The van der Waals surface area contributed by atoms with E-state index in [0.717, 1.165) is 19.3 Å². The molecule has 0 heterocycles. The number of carbonyl (C=O) groups is 1. The van der Waals surface area contributed by atoms with Crippen molar-refractivity contribution < 1.29 is 35.9 Å². The van der Waals surface area contributed by atoms with Crippen LogP contribution in [0.15, 0.2) is 42.5 Å². The first-order valence-corrected chi connectivity index (χ1v) is 11.3. The van der Waals surface area contributed by atoms with Gasteiger partial charge in [-0.15, -0.1) is 0 Å². The number of benzene rings is 2. The van der Waals surface area contributed by atoms with Crippen LogP contribution in [0.5, 0.6) is 5.75 Å². The molecule has 0 spiro atoms. The van der Waals surface area contributed by atoms with Crippen molar-refractivity contribution in [3.8, 4) is 5.75 Å². The summed E-state index contributed by atoms with van der Waals surface area (Å²) in [4.78, 5) is 12.5. The van der Waals surface area contributed by atoms with E-state index in [2.05, 4.69) is 0 Å². The molecule has 0 aliphatic heterocycles. The van der Waals surface area contributed by atoms with Crippen molar-refractivity contribution in [2.45, 2.75) is 51.9 Å². The summed E-state index contributed by atoms with van der Waals surface area (Å²) in [7, 11) is -1.34. The Bertz CT molecular complexity index is 865. The molecule has 0 aliphatic carbocycles. The molecule has 0 amide bonds. The quantitative estimate of drug-likeness (QED) is 0.209. The summed E-state index contributed by atoms with van der Waals surface area (Å²) in [5.74, 6) is -0.472. The molecule has 2 nitrogen and oxygen atoms in total. The average molecular weight is 486 g/mol. The van der Waals surface area contributed by atoms with Crippen molar-refractivity contribution in [2.24, 2.45) is 5.92 Å². The van der Waals surface area contributed by atoms with Gasteiger partial charge in [0.2, 0.25) is 0 Å². The summed E-state index contributed by atoms with van der Waals surface area (Å²) < 4.78 is 87.9. The van der Waals surface area contributed by atoms with Gasteiger partial charge in [0.1, 0.15) is 5.75 Å². The van der Waals surface area contributed by atoms with Gasteiger partial charge in [0.15, 0.2) is 5.52 Å². The van der Waals surface area contributed by atoms with Crippen molar-refractivity contribution in [1.82, 2.24) is 0 Å². The molecule has 10 heteroatoms. The summed E-state index contributed by atoms with van der Waals surface area (Å²) in [6.07, 6.45) is -6.86. The average Bonchev–Trinajstić information content (AvgIpc) is 2.73. The first-order chi connectivity index (χ1) is 15.0. The molecule has 2 rings (SSSR count). The number of ether oxygens (including phenoxy) is 1. The second-order valence-electron chi connectivity index (χ2n) is 7.44. The molecule has 0 bridgehead atoms. The number of unbranched alkanes of at least 4 members (excludes halogenated alkanes) is 1. The Labute approximate surface area is 203 Å². The van der Waals surface area contributed by atoms with Crippen LogP contribution in [0, 0.1) is 5.92 Å². The monoisotopic (exact) mass is 486 g/mol. The summed E-state index contributed by atoms with van der Waals surface area (Å²) in [5, 5.41) is -1.07. The Hall–Kier alpha value is -1.48. The van der Waals surface area contributed by atoms with Crippen molar-refractivity contribution in [3.05, 3.63) is 59.2 Å². The molecule has 178 valence electrons. The van der Waals surface area contributed by atoms with Crippen LogP contribution in [0.2, 0.25) is 0 Å². The molecule has 2 aromatic carbocycles. The van der Waals surface area contributed by atoms with Crippen LogP contribution in [0.25, 0.3) is 0 Å². The summed E-state index contributed by atoms with van der Waals surface area (Å²) in [5.41, 5.74) is -3.74. The molecular weight excluding hydrogens is 460 g/mol. The number of rotatable bonds is 10. The maximum atomic E-state index is 13.8. The Kier molecular flexibility index (Phi) is 11.5. The van der Waals surface area contributed by atoms with E-state index in [1.807, 2.05) is 13.8 Å². The molecule has 33 heavy (non-hydrogen) atoms. The third-order valence-electron chi connectivity index (χ3n) is 5.03. The van der Waals surface area contributed by atoms with Crippen LogP contribution in [-0.4, -0.2) is 31.0 Å². The zero-order valence-corrected chi connectivity index (χ0v) is 18.7. The number of alkyl halides is 6. The van der Waals surface area contributed by atoms with Gasteiger partial charge < -0.3 is 4.74 Å². The van der Waals surface area contributed by atoms with Gasteiger partial charge in [-0.3, -0.25) is 4.79 Å². The molecule has 0 aromatic heterocycles. The normalized spacial score (nSPS) is 13.1. The van der Waals surface area contributed by atoms with Crippen LogP contribution >= 0.6 is 8.58 Å². The number of halogens is 6. The molecule has 2 atom stereocenters. The molecule has 2 unspecified atom stereocenters. The van der Waals surface area contributed by atoms with E-state index >= 15 is 0 Å². The van der Waals surface area contributed by atoms with Crippen molar-refractivity contribution in [3.63, 3.8) is 0 Å². The van der Waals surface area contributed by atoms with E-state index in [1.165, 1.54) is 24.3 Å². The molecule has 0 saturated carbocycles.